The second-order valence-corrected chi connectivity index (χ2v) is 12.0. The van der Waals surface area contributed by atoms with Gasteiger partial charge in [-0.25, -0.2) is 28.5 Å². The van der Waals surface area contributed by atoms with Gasteiger partial charge in [0.2, 0.25) is 11.8 Å². The van der Waals surface area contributed by atoms with Crippen LogP contribution in [0.4, 0.5) is 32.8 Å². The Morgan fingerprint density at radius 1 is 1.12 bits per heavy atom. The Kier molecular flexibility index (Phi) is 12.3. The van der Waals surface area contributed by atoms with Crippen LogP contribution in [0, 0.1) is 5.82 Å². The van der Waals surface area contributed by atoms with Gasteiger partial charge in [0.1, 0.15) is 29.0 Å². The topological polar surface area (TPSA) is 167 Å². The van der Waals surface area contributed by atoms with Crippen molar-refractivity contribution >= 4 is 40.7 Å². The fourth-order valence-electron chi connectivity index (χ4n) is 4.43. The van der Waals surface area contributed by atoms with E-state index >= 15 is 0 Å². The third-order valence-electron chi connectivity index (χ3n) is 6.72. The summed E-state index contributed by atoms with van der Waals surface area (Å²) < 4.78 is 65.7. The fourth-order valence-corrected chi connectivity index (χ4v) is 4.43. The molecule has 3 aromatic rings. The molecule has 0 aliphatic rings. The molecule has 49 heavy (non-hydrogen) atoms. The van der Waals surface area contributed by atoms with Crippen LogP contribution in [0.1, 0.15) is 51.4 Å². The number of likely N-dealkylation sites (N-methyl/N-ethyl adjacent to an activating group) is 1. The Morgan fingerprint density at radius 2 is 1.82 bits per heavy atom. The van der Waals surface area contributed by atoms with E-state index in [2.05, 4.69) is 25.3 Å². The lowest BCUT2D eigenvalue weighted by Gasteiger charge is -2.20. The van der Waals surface area contributed by atoms with Crippen LogP contribution in [0.3, 0.4) is 0 Å². The normalized spacial score (nSPS) is 12.5. The number of ether oxygens (including phenoxy) is 2. The Labute approximate surface area is 278 Å². The zero-order chi connectivity index (χ0) is 36.7. The van der Waals surface area contributed by atoms with Crippen molar-refractivity contribution in [1.29, 1.82) is 0 Å². The van der Waals surface area contributed by atoms with Gasteiger partial charge in [-0.2, -0.15) is 13.2 Å². The molecule has 0 saturated heterocycles. The standard InChI is InChI=1S/C31H37F4N7O7/c1-30(2,3)49-29(47)42-22-14-19(32)13-18(11-12-31(33,34)35)25(22)39-23(42)16-41-17-36-15-21(27(41)45)37-26(44)20(38-28(46)48-6)9-7-8-10-24(43)40(4)5/h8,10,13-15,17,20H,7,9,11-12,16H2,1-6H3,(H,37,44)(H,38,46)/b10-8+. The first kappa shape index (κ1) is 38.2. The highest BCUT2D eigenvalue weighted by Gasteiger charge is 2.30. The Balaban J connectivity index is 1.99. The number of aryl methyl sites for hydroxylation is 1. The summed E-state index contributed by atoms with van der Waals surface area (Å²) >= 11 is 0. The Bertz CT molecular complexity index is 1790. The van der Waals surface area contributed by atoms with E-state index in [-0.39, 0.29) is 46.9 Å². The van der Waals surface area contributed by atoms with Crippen molar-refractivity contribution < 1.29 is 46.2 Å². The molecule has 18 heteroatoms. The molecule has 0 radical (unpaired) electrons. The van der Waals surface area contributed by atoms with Crippen LogP contribution in [-0.2, 0) is 32.0 Å². The number of methoxy groups -OCH3 is 1. The number of hydrogen-bond acceptors (Lipinski definition) is 9. The summed E-state index contributed by atoms with van der Waals surface area (Å²) in [6, 6.07) is 0.606. The summed E-state index contributed by atoms with van der Waals surface area (Å²) in [6.07, 6.45) is -3.29. The fraction of sp³-hybridized carbons (Fsp3) is 0.452. The number of anilines is 1. The molecule has 0 saturated carbocycles. The average molecular weight is 696 g/mol. The number of allylic oxidation sites excluding steroid dienone is 1. The summed E-state index contributed by atoms with van der Waals surface area (Å²) in [4.78, 5) is 73.3. The molecule has 0 fully saturated rings. The van der Waals surface area contributed by atoms with E-state index < -0.39 is 66.7 Å². The van der Waals surface area contributed by atoms with Crippen molar-refractivity contribution in [2.45, 2.75) is 70.8 Å². The molecule has 1 unspecified atom stereocenters. The third kappa shape index (κ3) is 10.9. The van der Waals surface area contributed by atoms with Crippen molar-refractivity contribution in [3.8, 4) is 0 Å². The van der Waals surface area contributed by atoms with E-state index in [1.807, 2.05) is 0 Å². The highest BCUT2D eigenvalue weighted by molar-refractivity contribution is 5.96. The lowest BCUT2D eigenvalue weighted by molar-refractivity contribution is -0.134. The minimum absolute atomic E-state index is 0.0136. The first-order valence-corrected chi connectivity index (χ1v) is 14.9. The number of alkyl carbamates (subject to hydrolysis) is 1. The van der Waals surface area contributed by atoms with Crippen molar-refractivity contribution in [2.75, 3.05) is 26.5 Å². The van der Waals surface area contributed by atoms with Crippen LogP contribution in [0.25, 0.3) is 11.0 Å². The minimum Gasteiger partial charge on any atom is -0.453 e. The molecule has 1 atom stereocenters. The molecule has 2 N–H and O–H groups in total. The number of halogens is 4. The maximum atomic E-state index is 14.7. The summed E-state index contributed by atoms with van der Waals surface area (Å²) in [5.41, 5.74) is -2.60. The second-order valence-electron chi connectivity index (χ2n) is 12.0. The van der Waals surface area contributed by atoms with E-state index in [9.17, 15) is 41.5 Å². The first-order valence-electron chi connectivity index (χ1n) is 14.9. The van der Waals surface area contributed by atoms with Gasteiger partial charge in [-0.05, 0) is 57.7 Å². The Hall–Kier alpha value is -5.29. The molecule has 2 aromatic heterocycles. The number of carbonyl (C=O) groups is 4. The van der Waals surface area contributed by atoms with Gasteiger partial charge >= 0.3 is 18.4 Å². The van der Waals surface area contributed by atoms with Gasteiger partial charge in [-0.15, -0.1) is 0 Å². The summed E-state index contributed by atoms with van der Waals surface area (Å²) in [5, 5.41) is 4.75. The first-order chi connectivity index (χ1) is 22.8. The molecule has 2 heterocycles. The second kappa shape index (κ2) is 15.7. The van der Waals surface area contributed by atoms with E-state index in [0.29, 0.717) is 0 Å². The number of fused-ring (bicyclic) bond motifs is 1. The average Bonchev–Trinajstić information content (AvgIpc) is 3.35. The van der Waals surface area contributed by atoms with E-state index in [4.69, 9.17) is 4.74 Å². The largest absolute Gasteiger partial charge is 0.453 e. The number of benzene rings is 1. The SMILES string of the molecule is COC(=O)NC(CC/C=C/C(=O)N(C)C)C(=O)Nc1cncn(Cc2nc3c(CCC(F)(F)F)cc(F)cc3n2C(=O)OC(C)(C)C)c1=O. The molecule has 0 aliphatic heterocycles. The molecule has 3 rings (SSSR count). The van der Waals surface area contributed by atoms with Gasteiger partial charge in [0.15, 0.2) is 0 Å². The van der Waals surface area contributed by atoms with Crippen molar-refractivity contribution in [2.24, 2.45) is 0 Å². The van der Waals surface area contributed by atoms with Gasteiger partial charge in [0.05, 0.1) is 37.2 Å². The van der Waals surface area contributed by atoms with E-state index in [1.54, 1.807) is 34.9 Å². The predicted molar refractivity (Wildman–Crippen MR) is 168 cm³/mol. The number of nitrogens with zero attached hydrogens (tertiary/aromatic N) is 5. The maximum absolute atomic E-state index is 14.7. The monoisotopic (exact) mass is 695 g/mol. The molecule has 0 aliphatic carbocycles. The number of carbonyl (C=O) groups excluding carboxylic acids is 4. The third-order valence-corrected chi connectivity index (χ3v) is 6.72. The molecular formula is C31H37F4N7O7. The Morgan fingerprint density at radius 3 is 2.43 bits per heavy atom. The quantitative estimate of drug-likeness (QED) is 0.221. The van der Waals surface area contributed by atoms with Crippen molar-refractivity contribution in [3.05, 3.63) is 64.4 Å². The summed E-state index contributed by atoms with van der Waals surface area (Å²) in [6.45, 7) is 4.21. The van der Waals surface area contributed by atoms with Crippen LogP contribution in [-0.4, -0.2) is 87.0 Å². The number of imidazole rings is 1. The molecule has 14 nitrogen and oxygen atoms in total. The molecule has 1 aromatic carbocycles. The molecule has 0 spiro atoms. The van der Waals surface area contributed by atoms with Gasteiger partial charge in [0.25, 0.3) is 5.56 Å². The minimum atomic E-state index is -4.55. The highest BCUT2D eigenvalue weighted by Crippen LogP contribution is 2.28. The molecular weight excluding hydrogens is 658 g/mol. The van der Waals surface area contributed by atoms with Crippen molar-refractivity contribution in [3.63, 3.8) is 0 Å². The zero-order valence-corrected chi connectivity index (χ0v) is 27.7. The smallest absolute Gasteiger partial charge is 0.420 e. The number of hydrogen-bond donors (Lipinski definition) is 2. The lowest BCUT2D eigenvalue weighted by Crippen LogP contribution is -2.44. The van der Waals surface area contributed by atoms with Crippen LogP contribution in [0.15, 0.2) is 41.6 Å². The summed E-state index contributed by atoms with van der Waals surface area (Å²) in [7, 11) is 4.22. The highest BCUT2D eigenvalue weighted by atomic mass is 19.4. The maximum Gasteiger partial charge on any atom is 0.420 e. The number of rotatable bonds is 11. The van der Waals surface area contributed by atoms with Gasteiger partial charge in [0, 0.05) is 26.6 Å². The molecule has 3 amide bonds. The number of alkyl halides is 3. The van der Waals surface area contributed by atoms with Gasteiger partial charge in [-0.1, -0.05) is 6.08 Å². The van der Waals surface area contributed by atoms with Crippen LogP contribution >= 0.6 is 0 Å². The van der Waals surface area contributed by atoms with Gasteiger partial charge in [-0.3, -0.25) is 19.0 Å². The zero-order valence-electron chi connectivity index (χ0n) is 27.7. The summed E-state index contributed by atoms with van der Waals surface area (Å²) in [5.74, 6) is -2.22. The number of aromatic nitrogens is 4. The number of nitrogens with one attached hydrogen (secondary N) is 2. The lowest BCUT2D eigenvalue weighted by atomic mass is 10.1. The van der Waals surface area contributed by atoms with E-state index in [0.717, 1.165) is 40.9 Å². The molecule has 0 bridgehead atoms. The number of amides is 3. The van der Waals surface area contributed by atoms with Crippen LogP contribution in [0.5, 0.6) is 0 Å². The predicted octanol–water partition coefficient (Wildman–Crippen LogP) is 4.15. The van der Waals surface area contributed by atoms with E-state index in [1.165, 1.54) is 17.1 Å². The van der Waals surface area contributed by atoms with Crippen molar-refractivity contribution in [1.82, 2.24) is 29.3 Å². The molecule has 266 valence electrons. The van der Waals surface area contributed by atoms with Crippen LogP contribution < -0.4 is 16.2 Å². The van der Waals surface area contributed by atoms with Crippen LogP contribution in [0.2, 0.25) is 0 Å². The van der Waals surface area contributed by atoms with Gasteiger partial charge < -0.3 is 25.0 Å².